The number of hydrogen-bond acceptors (Lipinski definition) is 3. The van der Waals surface area contributed by atoms with E-state index in [1.54, 1.807) is 7.05 Å². The molecule has 1 aliphatic heterocycles. The number of rotatable bonds is 5. The van der Waals surface area contributed by atoms with E-state index in [1.807, 2.05) is 7.05 Å². The van der Waals surface area contributed by atoms with Gasteiger partial charge in [0.05, 0.1) is 13.2 Å². The van der Waals surface area contributed by atoms with Gasteiger partial charge in [-0.15, -0.1) is 0 Å². The zero-order valence-corrected chi connectivity index (χ0v) is 11.8. The molecule has 1 amide bonds. The fourth-order valence-electron chi connectivity index (χ4n) is 2.25. The number of aliphatic imine (C=N–C) groups is 1. The van der Waals surface area contributed by atoms with E-state index in [4.69, 9.17) is 4.74 Å². The third-order valence-corrected chi connectivity index (χ3v) is 3.48. The molecule has 0 aromatic carbocycles. The Morgan fingerprint density at radius 3 is 2.79 bits per heavy atom. The van der Waals surface area contributed by atoms with E-state index >= 15 is 0 Å². The lowest BCUT2D eigenvalue weighted by Crippen LogP contribution is -2.45. The largest absolute Gasteiger partial charge is 0.381 e. The number of ether oxygens (including phenoxy) is 1. The second-order valence-electron chi connectivity index (χ2n) is 5.35. The van der Waals surface area contributed by atoms with Gasteiger partial charge < -0.3 is 20.3 Å². The summed E-state index contributed by atoms with van der Waals surface area (Å²) in [6, 6.07) is 0.407. The molecule has 108 valence electrons. The van der Waals surface area contributed by atoms with Gasteiger partial charge in [0.25, 0.3) is 0 Å². The summed E-state index contributed by atoms with van der Waals surface area (Å²) in [6.45, 7) is 2.87. The first kappa shape index (κ1) is 14.1. The summed E-state index contributed by atoms with van der Waals surface area (Å²) in [5, 5.41) is 6.05. The van der Waals surface area contributed by atoms with Gasteiger partial charge in [-0.25, -0.2) is 0 Å². The van der Waals surface area contributed by atoms with E-state index in [-0.39, 0.29) is 12.5 Å². The maximum absolute atomic E-state index is 11.6. The van der Waals surface area contributed by atoms with Crippen molar-refractivity contribution in [2.45, 2.75) is 25.3 Å². The molecule has 6 nitrogen and oxygen atoms in total. The van der Waals surface area contributed by atoms with Crippen molar-refractivity contribution in [2.75, 3.05) is 40.4 Å². The molecule has 1 saturated heterocycles. The Balaban J connectivity index is 1.70. The average molecular weight is 268 g/mol. The van der Waals surface area contributed by atoms with Crippen LogP contribution in [0.5, 0.6) is 0 Å². The minimum absolute atomic E-state index is 0.0428. The first-order valence-corrected chi connectivity index (χ1v) is 6.98. The molecule has 0 bridgehead atoms. The summed E-state index contributed by atoms with van der Waals surface area (Å²) in [5.41, 5.74) is 0. The number of guanidine groups is 1. The normalized spacial score (nSPS) is 23.3. The average Bonchev–Trinajstić information content (AvgIpc) is 3.04. The smallest absolute Gasteiger partial charge is 0.239 e. The molecule has 2 rings (SSSR count). The second-order valence-corrected chi connectivity index (χ2v) is 5.35. The van der Waals surface area contributed by atoms with Crippen LogP contribution in [0.25, 0.3) is 0 Å². The van der Waals surface area contributed by atoms with Crippen molar-refractivity contribution in [3.8, 4) is 0 Å². The molecule has 0 radical (unpaired) electrons. The first-order chi connectivity index (χ1) is 9.19. The van der Waals surface area contributed by atoms with Gasteiger partial charge in [0.2, 0.25) is 5.91 Å². The lowest BCUT2D eigenvalue weighted by atomic mass is 10.1. The highest BCUT2D eigenvalue weighted by Crippen LogP contribution is 2.18. The van der Waals surface area contributed by atoms with Crippen molar-refractivity contribution >= 4 is 11.9 Å². The molecule has 2 fully saturated rings. The Kier molecular flexibility index (Phi) is 5.01. The summed E-state index contributed by atoms with van der Waals surface area (Å²) in [5.74, 6) is 1.36. The third kappa shape index (κ3) is 4.70. The van der Waals surface area contributed by atoms with Crippen molar-refractivity contribution in [3.05, 3.63) is 0 Å². The van der Waals surface area contributed by atoms with Crippen molar-refractivity contribution in [2.24, 2.45) is 10.9 Å². The fraction of sp³-hybridized carbons (Fsp3) is 0.846. The van der Waals surface area contributed by atoms with Crippen LogP contribution < -0.4 is 10.6 Å². The molecule has 1 heterocycles. The van der Waals surface area contributed by atoms with E-state index in [9.17, 15) is 4.79 Å². The second kappa shape index (κ2) is 6.75. The van der Waals surface area contributed by atoms with E-state index in [0.717, 1.165) is 45.0 Å². The molecule has 1 unspecified atom stereocenters. The molecule has 2 N–H and O–H groups in total. The van der Waals surface area contributed by atoms with Crippen LogP contribution in [0.1, 0.15) is 19.3 Å². The first-order valence-electron chi connectivity index (χ1n) is 6.98. The summed E-state index contributed by atoms with van der Waals surface area (Å²) in [4.78, 5) is 17.9. The molecule has 6 heteroatoms. The van der Waals surface area contributed by atoms with E-state index in [0.29, 0.717) is 12.0 Å². The van der Waals surface area contributed by atoms with Crippen LogP contribution in [0, 0.1) is 5.92 Å². The van der Waals surface area contributed by atoms with Crippen LogP contribution in [0.15, 0.2) is 4.99 Å². The summed E-state index contributed by atoms with van der Waals surface area (Å²) in [7, 11) is 3.73. The highest BCUT2D eigenvalue weighted by Gasteiger charge is 2.23. The maximum Gasteiger partial charge on any atom is 0.239 e. The Labute approximate surface area is 114 Å². The summed E-state index contributed by atoms with van der Waals surface area (Å²) >= 11 is 0. The fourth-order valence-corrected chi connectivity index (χ4v) is 2.25. The van der Waals surface area contributed by atoms with Crippen molar-refractivity contribution in [1.82, 2.24) is 15.5 Å². The minimum atomic E-state index is 0.0428. The molecule has 0 spiro atoms. The van der Waals surface area contributed by atoms with Gasteiger partial charge in [-0.3, -0.25) is 9.79 Å². The van der Waals surface area contributed by atoms with E-state index in [1.165, 1.54) is 0 Å². The molecule has 19 heavy (non-hydrogen) atoms. The Morgan fingerprint density at radius 1 is 1.42 bits per heavy atom. The molecule has 1 atom stereocenters. The SMILES string of the molecule is CN=C(NCC(=O)NC1CC1)N(C)CC1CCOC1. The number of hydrogen-bond donors (Lipinski definition) is 2. The zero-order chi connectivity index (χ0) is 13.7. The predicted molar refractivity (Wildman–Crippen MR) is 74.1 cm³/mol. The van der Waals surface area contributed by atoms with Gasteiger partial charge in [0, 0.05) is 39.2 Å². The molecule has 1 aliphatic carbocycles. The Hall–Kier alpha value is -1.30. The lowest BCUT2D eigenvalue weighted by molar-refractivity contribution is -0.120. The van der Waals surface area contributed by atoms with Crippen LogP contribution in [0.4, 0.5) is 0 Å². The van der Waals surface area contributed by atoms with Gasteiger partial charge in [0.15, 0.2) is 5.96 Å². The lowest BCUT2D eigenvalue weighted by Gasteiger charge is -2.24. The Morgan fingerprint density at radius 2 is 2.21 bits per heavy atom. The van der Waals surface area contributed by atoms with Gasteiger partial charge in [0.1, 0.15) is 0 Å². The molecule has 1 saturated carbocycles. The number of nitrogens with zero attached hydrogens (tertiary/aromatic N) is 2. The zero-order valence-electron chi connectivity index (χ0n) is 11.8. The van der Waals surface area contributed by atoms with Gasteiger partial charge >= 0.3 is 0 Å². The molecule has 0 aromatic heterocycles. The molecule has 2 aliphatic rings. The quantitative estimate of drug-likeness (QED) is 0.536. The van der Waals surface area contributed by atoms with Gasteiger partial charge in [-0.05, 0) is 19.3 Å². The van der Waals surface area contributed by atoms with Crippen LogP contribution >= 0.6 is 0 Å². The summed E-state index contributed by atoms with van der Waals surface area (Å²) < 4.78 is 5.37. The number of carbonyl (C=O) groups is 1. The minimum Gasteiger partial charge on any atom is -0.381 e. The Bertz CT molecular complexity index is 336. The molecular weight excluding hydrogens is 244 g/mol. The maximum atomic E-state index is 11.6. The number of nitrogens with one attached hydrogen (secondary N) is 2. The monoisotopic (exact) mass is 268 g/mol. The van der Waals surface area contributed by atoms with E-state index < -0.39 is 0 Å². The summed E-state index contributed by atoms with van der Waals surface area (Å²) in [6.07, 6.45) is 3.33. The van der Waals surface area contributed by atoms with Gasteiger partial charge in [-0.1, -0.05) is 0 Å². The van der Waals surface area contributed by atoms with Crippen molar-refractivity contribution in [3.63, 3.8) is 0 Å². The topological polar surface area (TPSA) is 66.0 Å². The number of carbonyl (C=O) groups excluding carboxylic acids is 1. The molecule has 0 aromatic rings. The highest BCUT2D eigenvalue weighted by molar-refractivity contribution is 5.86. The van der Waals surface area contributed by atoms with Crippen LogP contribution in [-0.2, 0) is 9.53 Å². The molecular formula is C13H24N4O2. The predicted octanol–water partition coefficient (Wildman–Crippen LogP) is -0.191. The standard InChI is InChI=1S/C13H24N4O2/c1-14-13(15-7-12(18)16-11-3-4-11)17(2)8-10-5-6-19-9-10/h10-11H,3-9H2,1-2H3,(H,14,15)(H,16,18). The van der Waals surface area contributed by atoms with Crippen molar-refractivity contribution < 1.29 is 9.53 Å². The third-order valence-electron chi connectivity index (χ3n) is 3.48. The van der Waals surface area contributed by atoms with Gasteiger partial charge in [-0.2, -0.15) is 0 Å². The van der Waals surface area contributed by atoms with E-state index in [2.05, 4.69) is 20.5 Å². The van der Waals surface area contributed by atoms with Crippen LogP contribution in [0.3, 0.4) is 0 Å². The van der Waals surface area contributed by atoms with Crippen molar-refractivity contribution in [1.29, 1.82) is 0 Å². The number of amides is 1. The highest BCUT2D eigenvalue weighted by atomic mass is 16.5. The van der Waals surface area contributed by atoms with Crippen LogP contribution in [0.2, 0.25) is 0 Å². The van der Waals surface area contributed by atoms with Crippen LogP contribution in [-0.4, -0.2) is 63.2 Å².